The second-order valence-corrected chi connectivity index (χ2v) is 5.55. The van der Waals surface area contributed by atoms with E-state index < -0.39 is 0 Å². The first-order valence-corrected chi connectivity index (χ1v) is 6.68. The minimum Gasteiger partial charge on any atom is -0.388 e. The molecule has 3 nitrogen and oxygen atoms in total. The van der Waals surface area contributed by atoms with E-state index in [1.54, 1.807) is 6.20 Å². The molecule has 2 aliphatic carbocycles. The van der Waals surface area contributed by atoms with Gasteiger partial charge < -0.3 is 11.1 Å². The number of nitrogens with two attached hydrogens (primary N) is 1. The molecule has 90 valence electrons. The molecule has 1 heterocycles. The highest BCUT2D eigenvalue weighted by Gasteiger charge is 2.41. The van der Waals surface area contributed by atoms with Crippen LogP contribution < -0.4 is 11.1 Å². The number of thiocarbonyl (C=S) groups is 1. The fourth-order valence-electron chi connectivity index (χ4n) is 2.43. The van der Waals surface area contributed by atoms with E-state index in [4.69, 9.17) is 18.0 Å². The van der Waals surface area contributed by atoms with Crippen molar-refractivity contribution in [3.8, 4) is 0 Å². The van der Waals surface area contributed by atoms with Gasteiger partial charge in [-0.2, -0.15) is 0 Å². The first-order chi connectivity index (χ1) is 8.25. The number of rotatable bonds is 5. The molecule has 0 aliphatic heterocycles. The molecule has 0 atom stereocenters. The minimum atomic E-state index is 0.374. The number of nitrogens with zero attached hydrogens (tertiary/aromatic N) is 1. The van der Waals surface area contributed by atoms with E-state index in [9.17, 15) is 0 Å². The molecule has 2 saturated carbocycles. The topological polar surface area (TPSA) is 50.9 Å². The van der Waals surface area contributed by atoms with Gasteiger partial charge in [0.05, 0.1) is 5.69 Å². The largest absolute Gasteiger partial charge is 0.388 e. The van der Waals surface area contributed by atoms with Gasteiger partial charge in [-0.1, -0.05) is 12.2 Å². The monoisotopic (exact) mass is 247 g/mol. The van der Waals surface area contributed by atoms with Crippen LogP contribution in [0.25, 0.3) is 0 Å². The molecule has 0 radical (unpaired) electrons. The third-order valence-corrected chi connectivity index (χ3v) is 3.82. The van der Waals surface area contributed by atoms with Gasteiger partial charge >= 0.3 is 0 Å². The lowest BCUT2D eigenvalue weighted by Crippen LogP contribution is -2.26. The number of nitrogens with one attached hydrogen (secondary N) is 1. The standard InChI is InChI=1S/C13H17N3S/c14-13(17)12-10(2-1-7-15-12)16-11(8-3-4-8)9-5-6-9/h1-2,7-9,11,16H,3-6H2,(H2,14,17). The van der Waals surface area contributed by atoms with Gasteiger partial charge in [0.2, 0.25) is 0 Å². The third kappa shape index (κ3) is 2.41. The maximum Gasteiger partial charge on any atom is 0.124 e. The minimum absolute atomic E-state index is 0.374. The summed E-state index contributed by atoms with van der Waals surface area (Å²) < 4.78 is 0. The summed E-state index contributed by atoms with van der Waals surface area (Å²) in [6, 6.07) is 4.56. The summed E-state index contributed by atoms with van der Waals surface area (Å²) in [6.45, 7) is 0. The summed E-state index contributed by atoms with van der Waals surface area (Å²) >= 11 is 5.04. The summed E-state index contributed by atoms with van der Waals surface area (Å²) in [6.07, 6.45) is 7.17. The van der Waals surface area contributed by atoms with Gasteiger partial charge in [-0.05, 0) is 49.7 Å². The fraction of sp³-hybridized carbons (Fsp3) is 0.538. The van der Waals surface area contributed by atoms with Crippen molar-refractivity contribution < 1.29 is 0 Å². The smallest absolute Gasteiger partial charge is 0.124 e. The zero-order valence-electron chi connectivity index (χ0n) is 9.73. The lowest BCUT2D eigenvalue weighted by molar-refractivity contribution is 0.567. The molecule has 0 bridgehead atoms. The van der Waals surface area contributed by atoms with Crippen molar-refractivity contribution in [1.29, 1.82) is 0 Å². The van der Waals surface area contributed by atoms with Gasteiger partial charge in [-0.25, -0.2) is 0 Å². The van der Waals surface area contributed by atoms with Crippen LogP contribution in [-0.4, -0.2) is 16.0 Å². The second-order valence-electron chi connectivity index (χ2n) is 5.11. The van der Waals surface area contributed by atoms with Crippen LogP contribution in [0.15, 0.2) is 18.3 Å². The van der Waals surface area contributed by atoms with E-state index >= 15 is 0 Å². The maximum atomic E-state index is 5.70. The number of anilines is 1. The van der Waals surface area contributed by atoms with Gasteiger partial charge in [0.25, 0.3) is 0 Å². The quantitative estimate of drug-likeness (QED) is 0.784. The van der Waals surface area contributed by atoms with Gasteiger partial charge in [-0.3, -0.25) is 4.98 Å². The molecule has 1 aromatic rings. The zero-order chi connectivity index (χ0) is 11.8. The average Bonchev–Trinajstić information content (AvgIpc) is 3.16. The highest BCUT2D eigenvalue weighted by Crippen LogP contribution is 2.46. The third-order valence-electron chi connectivity index (χ3n) is 3.62. The number of pyridine rings is 1. The zero-order valence-corrected chi connectivity index (χ0v) is 10.5. The Morgan fingerprint density at radius 1 is 1.35 bits per heavy atom. The summed E-state index contributed by atoms with van der Waals surface area (Å²) in [7, 11) is 0. The molecule has 2 aliphatic rings. The van der Waals surface area contributed by atoms with Crippen LogP contribution in [-0.2, 0) is 0 Å². The van der Waals surface area contributed by atoms with Crippen molar-refractivity contribution in [2.24, 2.45) is 17.6 Å². The normalized spacial score (nSPS) is 19.4. The highest BCUT2D eigenvalue weighted by atomic mass is 32.1. The second kappa shape index (κ2) is 4.26. The van der Waals surface area contributed by atoms with E-state index in [1.165, 1.54) is 25.7 Å². The highest BCUT2D eigenvalue weighted by molar-refractivity contribution is 7.80. The van der Waals surface area contributed by atoms with E-state index in [2.05, 4.69) is 10.3 Å². The lowest BCUT2D eigenvalue weighted by atomic mass is 10.1. The van der Waals surface area contributed by atoms with Crippen molar-refractivity contribution in [1.82, 2.24) is 4.98 Å². The van der Waals surface area contributed by atoms with E-state index in [0.29, 0.717) is 11.0 Å². The molecule has 3 rings (SSSR count). The van der Waals surface area contributed by atoms with Crippen LogP contribution in [0.2, 0.25) is 0 Å². The van der Waals surface area contributed by atoms with Crippen LogP contribution in [0, 0.1) is 11.8 Å². The van der Waals surface area contributed by atoms with Crippen LogP contribution in [0.3, 0.4) is 0 Å². The van der Waals surface area contributed by atoms with Crippen molar-refractivity contribution >= 4 is 22.9 Å². The molecule has 0 amide bonds. The Kier molecular flexibility index (Phi) is 2.74. The molecular formula is C13H17N3S. The van der Waals surface area contributed by atoms with E-state index in [0.717, 1.165) is 23.2 Å². The summed E-state index contributed by atoms with van der Waals surface area (Å²) in [5.74, 6) is 1.70. The van der Waals surface area contributed by atoms with Gasteiger partial charge in [0.15, 0.2) is 0 Å². The molecule has 2 fully saturated rings. The van der Waals surface area contributed by atoms with Gasteiger partial charge in [0, 0.05) is 12.2 Å². The Bertz CT molecular complexity index is 426. The molecule has 1 aromatic heterocycles. The number of hydrogen-bond acceptors (Lipinski definition) is 3. The Balaban J connectivity index is 1.80. The van der Waals surface area contributed by atoms with Crippen molar-refractivity contribution in [3.63, 3.8) is 0 Å². The molecule has 0 aromatic carbocycles. The van der Waals surface area contributed by atoms with Gasteiger partial charge in [0.1, 0.15) is 10.7 Å². The summed E-state index contributed by atoms with van der Waals surface area (Å²) in [5, 5.41) is 3.62. The average molecular weight is 247 g/mol. The first-order valence-electron chi connectivity index (χ1n) is 6.27. The summed E-state index contributed by atoms with van der Waals surface area (Å²) in [5.41, 5.74) is 7.44. The Labute approximate surface area is 107 Å². The van der Waals surface area contributed by atoms with Gasteiger partial charge in [-0.15, -0.1) is 0 Å². The molecule has 0 spiro atoms. The first kappa shape index (κ1) is 11.0. The van der Waals surface area contributed by atoms with Crippen LogP contribution >= 0.6 is 12.2 Å². The van der Waals surface area contributed by atoms with Crippen LogP contribution in [0.4, 0.5) is 5.69 Å². The van der Waals surface area contributed by atoms with E-state index in [1.807, 2.05) is 12.1 Å². The molecule has 0 saturated heterocycles. The van der Waals surface area contributed by atoms with Crippen molar-refractivity contribution in [2.45, 2.75) is 31.7 Å². The number of aromatic nitrogens is 1. The summed E-state index contributed by atoms with van der Waals surface area (Å²) in [4.78, 5) is 4.64. The Morgan fingerprint density at radius 3 is 2.53 bits per heavy atom. The Hall–Kier alpha value is -1.16. The fourth-order valence-corrected chi connectivity index (χ4v) is 2.59. The van der Waals surface area contributed by atoms with Crippen LogP contribution in [0.5, 0.6) is 0 Å². The maximum absolute atomic E-state index is 5.70. The predicted molar refractivity (Wildman–Crippen MR) is 73.0 cm³/mol. The molecule has 17 heavy (non-hydrogen) atoms. The molecule has 4 heteroatoms. The molecule has 0 unspecified atom stereocenters. The van der Waals surface area contributed by atoms with Crippen molar-refractivity contribution in [2.75, 3.05) is 5.32 Å². The molecule has 3 N–H and O–H groups in total. The lowest BCUT2D eigenvalue weighted by Gasteiger charge is -2.20. The van der Waals surface area contributed by atoms with Crippen LogP contribution in [0.1, 0.15) is 31.4 Å². The SMILES string of the molecule is NC(=S)c1ncccc1NC(C1CC1)C1CC1. The molecular weight excluding hydrogens is 230 g/mol. The van der Waals surface area contributed by atoms with Crippen molar-refractivity contribution in [3.05, 3.63) is 24.0 Å². The van der Waals surface area contributed by atoms with E-state index in [-0.39, 0.29) is 0 Å². The number of hydrogen-bond donors (Lipinski definition) is 2. The predicted octanol–water partition coefficient (Wildman–Crippen LogP) is 2.32. The Morgan fingerprint density at radius 2 is 2.00 bits per heavy atom.